The number of thiophene rings is 1. The zero-order chi connectivity index (χ0) is 13.0. The lowest BCUT2D eigenvalue weighted by Crippen LogP contribution is -2.32. The van der Waals surface area contributed by atoms with Gasteiger partial charge in [-0.3, -0.25) is 9.59 Å². The first kappa shape index (κ1) is 13.1. The molecule has 1 amide bonds. The predicted octanol–water partition coefficient (Wildman–Crippen LogP) is 1.85. The number of ether oxygens (including phenoxy) is 1. The summed E-state index contributed by atoms with van der Waals surface area (Å²) in [5.41, 5.74) is 1.17. The molecule has 1 atom stereocenters. The van der Waals surface area contributed by atoms with Crippen molar-refractivity contribution >= 4 is 23.2 Å². The molecule has 2 rings (SSSR count). The molecule has 0 saturated carbocycles. The molecule has 0 spiro atoms. The van der Waals surface area contributed by atoms with Crippen molar-refractivity contribution in [3.05, 3.63) is 21.9 Å². The van der Waals surface area contributed by atoms with E-state index in [1.165, 1.54) is 17.6 Å². The van der Waals surface area contributed by atoms with Gasteiger partial charge in [0.15, 0.2) is 0 Å². The number of rotatable bonds is 4. The van der Waals surface area contributed by atoms with E-state index in [-0.39, 0.29) is 24.2 Å². The Kier molecular flexibility index (Phi) is 4.36. The molecular formula is C13H17NO3S. The molecule has 1 aromatic heterocycles. The monoisotopic (exact) mass is 267 g/mol. The summed E-state index contributed by atoms with van der Waals surface area (Å²) < 4.78 is 4.53. The van der Waals surface area contributed by atoms with E-state index in [2.05, 4.69) is 10.1 Å². The highest BCUT2D eigenvalue weighted by Crippen LogP contribution is 2.34. The van der Waals surface area contributed by atoms with Gasteiger partial charge >= 0.3 is 5.97 Å². The van der Waals surface area contributed by atoms with Gasteiger partial charge in [0.05, 0.1) is 19.4 Å². The molecule has 1 aliphatic carbocycles. The molecule has 98 valence electrons. The number of hydrogen-bond acceptors (Lipinski definition) is 4. The van der Waals surface area contributed by atoms with Crippen LogP contribution in [-0.2, 0) is 20.7 Å². The maximum Gasteiger partial charge on any atom is 0.307 e. The highest BCUT2D eigenvalue weighted by Gasteiger charge is 2.26. The minimum Gasteiger partial charge on any atom is -0.469 e. The first-order chi connectivity index (χ1) is 8.72. The van der Waals surface area contributed by atoms with Crippen LogP contribution in [-0.4, -0.2) is 25.5 Å². The number of nitrogens with one attached hydrogen (secondary N) is 1. The van der Waals surface area contributed by atoms with Crippen LogP contribution in [0.4, 0.5) is 0 Å². The number of aryl methyl sites for hydroxylation is 1. The fraction of sp³-hybridized carbons (Fsp3) is 0.538. The number of amides is 1. The molecule has 0 bridgehead atoms. The number of methoxy groups -OCH3 is 1. The van der Waals surface area contributed by atoms with E-state index in [9.17, 15) is 9.59 Å². The summed E-state index contributed by atoms with van der Waals surface area (Å²) in [6.45, 7) is 0.349. The van der Waals surface area contributed by atoms with Crippen molar-refractivity contribution < 1.29 is 14.3 Å². The van der Waals surface area contributed by atoms with Crippen LogP contribution in [0.5, 0.6) is 0 Å². The Morgan fingerprint density at radius 1 is 1.56 bits per heavy atom. The molecule has 0 fully saturated rings. The molecular weight excluding hydrogens is 250 g/mol. The Balaban J connectivity index is 1.89. The van der Waals surface area contributed by atoms with Crippen molar-refractivity contribution in [3.8, 4) is 0 Å². The van der Waals surface area contributed by atoms with E-state index in [1.807, 2.05) is 11.4 Å². The summed E-state index contributed by atoms with van der Waals surface area (Å²) in [5.74, 6) is -0.314. The number of esters is 1. The Bertz CT molecular complexity index is 441. The van der Waals surface area contributed by atoms with Gasteiger partial charge in [0, 0.05) is 11.4 Å². The molecule has 4 nitrogen and oxygen atoms in total. The smallest absolute Gasteiger partial charge is 0.307 e. The summed E-state index contributed by atoms with van der Waals surface area (Å²) in [6.07, 6.45) is 3.26. The molecule has 0 radical (unpaired) electrons. The second kappa shape index (κ2) is 6.00. The molecule has 18 heavy (non-hydrogen) atoms. The number of hydrogen-bond donors (Lipinski definition) is 1. The summed E-state index contributed by atoms with van der Waals surface area (Å²) >= 11 is 1.72. The zero-order valence-electron chi connectivity index (χ0n) is 10.4. The second-order valence-electron chi connectivity index (χ2n) is 4.36. The van der Waals surface area contributed by atoms with E-state index >= 15 is 0 Å². The largest absolute Gasteiger partial charge is 0.469 e. The van der Waals surface area contributed by atoms with Crippen LogP contribution in [0, 0.1) is 0 Å². The first-order valence-corrected chi connectivity index (χ1v) is 7.01. The summed E-state index contributed by atoms with van der Waals surface area (Å²) in [7, 11) is 1.35. The van der Waals surface area contributed by atoms with Gasteiger partial charge in [-0.2, -0.15) is 0 Å². The van der Waals surface area contributed by atoms with Crippen LogP contribution >= 0.6 is 11.3 Å². The lowest BCUT2D eigenvalue weighted by Gasteiger charge is -2.21. The Labute approximate surface area is 110 Å². The lowest BCUT2D eigenvalue weighted by molar-refractivity contribution is -0.140. The van der Waals surface area contributed by atoms with Gasteiger partial charge in [-0.25, -0.2) is 0 Å². The van der Waals surface area contributed by atoms with Crippen LogP contribution in [0.25, 0.3) is 0 Å². The molecule has 0 saturated heterocycles. The molecule has 1 N–H and O–H groups in total. The molecule has 5 heteroatoms. The van der Waals surface area contributed by atoms with Crippen molar-refractivity contribution in [1.29, 1.82) is 0 Å². The third-order valence-electron chi connectivity index (χ3n) is 3.22. The highest BCUT2D eigenvalue weighted by molar-refractivity contribution is 7.10. The number of carbonyl (C=O) groups excluding carboxylic acids is 2. The molecule has 1 unspecified atom stereocenters. The van der Waals surface area contributed by atoms with Crippen LogP contribution in [0.1, 0.15) is 35.6 Å². The minimum absolute atomic E-state index is 0.0262. The number of carbonyl (C=O) groups is 2. The van der Waals surface area contributed by atoms with Crippen LogP contribution in [0.2, 0.25) is 0 Å². The van der Waals surface area contributed by atoms with Gasteiger partial charge in [-0.15, -0.1) is 11.3 Å². The predicted molar refractivity (Wildman–Crippen MR) is 69.6 cm³/mol. The van der Waals surface area contributed by atoms with Gasteiger partial charge in [-0.05, 0) is 36.3 Å². The van der Waals surface area contributed by atoms with E-state index < -0.39 is 0 Å². The van der Waals surface area contributed by atoms with Crippen LogP contribution < -0.4 is 5.32 Å². The first-order valence-electron chi connectivity index (χ1n) is 6.13. The van der Waals surface area contributed by atoms with E-state index in [0.29, 0.717) is 6.54 Å². The summed E-state index contributed by atoms with van der Waals surface area (Å²) in [4.78, 5) is 24.4. The van der Waals surface area contributed by atoms with E-state index in [4.69, 9.17) is 0 Å². The van der Waals surface area contributed by atoms with E-state index in [0.717, 1.165) is 19.3 Å². The Morgan fingerprint density at radius 2 is 2.39 bits per heavy atom. The maximum atomic E-state index is 12.1. The third-order valence-corrected chi connectivity index (χ3v) is 4.22. The fourth-order valence-corrected chi connectivity index (χ4v) is 3.26. The highest BCUT2D eigenvalue weighted by atomic mass is 32.1. The molecule has 1 heterocycles. The topological polar surface area (TPSA) is 55.4 Å². The van der Waals surface area contributed by atoms with Gasteiger partial charge in [0.25, 0.3) is 0 Å². The quantitative estimate of drug-likeness (QED) is 0.847. The normalized spacial score (nSPS) is 17.9. The van der Waals surface area contributed by atoms with Crippen molar-refractivity contribution in [2.75, 3.05) is 13.7 Å². The SMILES string of the molecule is COC(=O)CCNC(=O)C1CCCc2sccc21. The molecule has 1 aliphatic rings. The van der Waals surface area contributed by atoms with Gasteiger partial charge in [0.1, 0.15) is 0 Å². The Hall–Kier alpha value is -1.36. The average Bonchev–Trinajstić information content (AvgIpc) is 2.86. The van der Waals surface area contributed by atoms with E-state index in [1.54, 1.807) is 11.3 Å². The standard InChI is InChI=1S/C13H17NO3S/c1-17-12(15)5-7-14-13(16)10-3-2-4-11-9(10)6-8-18-11/h6,8,10H,2-5,7H2,1H3,(H,14,16). The molecule has 1 aromatic rings. The number of fused-ring (bicyclic) bond motifs is 1. The molecule has 0 aliphatic heterocycles. The third kappa shape index (κ3) is 2.90. The fourth-order valence-electron chi connectivity index (χ4n) is 2.27. The van der Waals surface area contributed by atoms with Crippen molar-refractivity contribution in [3.63, 3.8) is 0 Å². The minimum atomic E-state index is -0.296. The average molecular weight is 267 g/mol. The van der Waals surface area contributed by atoms with Crippen molar-refractivity contribution in [1.82, 2.24) is 5.32 Å². The van der Waals surface area contributed by atoms with Crippen LogP contribution in [0.3, 0.4) is 0 Å². The van der Waals surface area contributed by atoms with Gasteiger partial charge in [-0.1, -0.05) is 0 Å². The lowest BCUT2D eigenvalue weighted by atomic mass is 9.87. The van der Waals surface area contributed by atoms with Crippen molar-refractivity contribution in [2.24, 2.45) is 0 Å². The zero-order valence-corrected chi connectivity index (χ0v) is 11.2. The van der Waals surface area contributed by atoms with Crippen LogP contribution in [0.15, 0.2) is 11.4 Å². The maximum absolute atomic E-state index is 12.1. The summed E-state index contributed by atoms with van der Waals surface area (Å²) in [6, 6.07) is 2.05. The van der Waals surface area contributed by atoms with Crippen molar-refractivity contribution in [2.45, 2.75) is 31.6 Å². The molecule has 0 aromatic carbocycles. The second-order valence-corrected chi connectivity index (χ2v) is 5.36. The van der Waals surface area contributed by atoms with Gasteiger partial charge < -0.3 is 10.1 Å². The summed E-state index contributed by atoms with van der Waals surface area (Å²) in [5, 5.41) is 4.86. The Morgan fingerprint density at radius 3 is 3.17 bits per heavy atom. The van der Waals surface area contributed by atoms with Gasteiger partial charge in [0.2, 0.25) is 5.91 Å².